The normalized spacial score (nSPS) is 20.3. The molecule has 1 aromatic carbocycles. The number of fused-ring (bicyclic) bond motifs is 1. The number of nitrogens with two attached hydrogens (primary N) is 1. The second-order valence-corrected chi connectivity index (χ2v) is 5.48. The fraction of sp³-hybridized carbons (Fsp3) is 0.538. The Morgan fingerprint density at radius 1 is 1.27 bits per heavy atom. The van der Waals surface area contributed by atoms with Gasteiger partial charge in [-0.25, -0.2) is 0 Å². The zero-order chi connectivity index (χ0) is 11.1. The monoisotopic (exact) mass is 204 g/mol. The molecule has 1 aliphatic carbocycles. The number of hydrogen-bond donors (Lipinski definition) is 2. The van der Waals surface area contributed by atoms with E-state index in [-0.39, 0.29) is 5.54 Å². The Balaban J connectivity index is 2.13. The first-order chi connectivity index (χ1) is 6.96. The minimum atomic E-state index is 0.182. The fourth-order valence-electron chi connectivity index (χ4n) is 2.39. The lowest BCUT2D eigenvalue weighted by Gasteiger charge is -2.25. The summed E-state index contributed by atoms with van der Waals surface area (Å²) in [5.74, 6) is 0. The van der Waals surface area contributed by atoms with Crippen LogP contribution in [0, 0.1) is 0 Å². The molecule has 2 rings (SSSR count). The molecule has 82 valence electrons. The van der Waals surface area contributed by atoms with E-state index < -0.39 is 0 Å². The van der Waals surface area contributed by atoms with Gasteiger partial charge in [0.05, 0.1) is 0 Å². The zero-order valence-electron chi connectivity index (χ0n) is 9.80. The largest absolute Gasteiger partial charge is 0.398 e. The maximum absolute atomic E-state index is 5.97. The minimum Gasteiger partial charge on any atom is -0.398 e. The molecule has 0 saturated heterocycles. The van der Waals surface area contributed by atoms with Crippen LogP contribution >= 0.6 is 0 Å². The summed E-state index contributed by atoms with van der Waals surface area (Å²) in [7, 11) is 0. The van der Waals surface area contributed by atoms with Gasteiger partial charge in [-0.15, -0.1) is 0 Å². The number of nitrogen functional groups attached to an aromatic ring is 1. The molecule has 2 nitrogen and oxygen atoms in total. The molecule has 0 radical (unpaired) electrons. The third kappa shape index (κ3) is 2.32. The molecule has 1 atom stereocenters. The van der Waals surface area contributed by atoms with Crippen LogP contribution in [0.3, 0.4) is 0 Å². The molecular weight excluding hydrogens is 184 g/mol. The highest BCUT2D eigenvalue weighted by atomic mass is 15.0. The first kappa shape index (κ1) is 10.5. The molecule has 0 bridgehead atoms. The highest BCUT2D eigenvalue weighted by molar-refractivity contribution is 5.53. The van der Waals surface area contributed by atoms with Crippen molar-refractivity contribution in [1.29, 1.82) is 0 Å². The van der Waals surface area contributed by atoms with E-state index in [1.165, 1.54) is 11.1 Å². The van der Waals surface area contributed by atoms with Crippen LogP contribution in [0.5, 0.6) is 0 Å². The molecule has 1 aliphatic rings. The van der Waals surface area contributed by atoms with Crippen molar-refractivity contribution >= 4 is 5.69 Å². The summed E-state index contributed by atoms with van der Waals surface area (Å²) in [4.78, 5) is 0. The van der Waals surface area contributed by atoms with E-state index in [0.717, 1.165) is 18.5 Å². The Hall–Kier alpha value is -1.02. The molecule has 15 heavy (non-hydrogen) atoms. The molecule has 0 aromatic heterocycles. The second-order valence-electron chi connectivity index (χ2n) is 5.48. The van der Waals surface area contributed by atoms with Crippen LogP contribution < -0.4 is 11.1 Å². The summed E-state index contributed by atoms with van der Waals surface area (Å²) in [5.41, 5.74) is 9.86. The summed E-state index contributed by atoms with van der Waals surface area (Å²) in [6.07, 6.45) is 2.18. The van der Waals surface area contributed by atoms with E-state index in [2.05, 4.69) is 32.2 Å². The summed E-state index contributed by atoms with van der Waals surface area (Å²) < 4.78 is 0. The van der Waals surface area contributed by atoms with Gasteiger partial charge < -0.3 is 11.1 Å². The van der Waals surface area contributed by atoms with E-state index in [9.17, 15) is 0 Å². The predicted octanol–water partition coefficient (Wildman–Crippen LogP) is 2.12. The summed E-state index contributed by atoms with van der Waals surface area (Å²) in [6, 6.07) is 6.78. The number of anilines is 1. The van der Waals surface area contributed by atoms with Gasteiger partial charge in [0.25, 0.3) is 0 Å². The van der Waals surface area contributed by atoms with Gasteiger partial charge in [0, 0.05) is 17.3 Å². The Morgan fingerprint density at radius 3 is 2.60 bits per heavy atom. The lowest BCUT2D eigenvalue weighted by molar-refractivity contribution is 0.365. The molecule has 0 heterocycles. The van der Waals surface area contributed by atoms with Gasteiger partial charge in [-0.2, -0.15) is 0 Å². The standard InChI is InChI=1S/C13H20N2/c1-13(2,3)15-10-7-9-5-4-6-12(14)11(9)8-10/h4-6,10,15H,7-8,14H2,1-3H3. The first-order valence-corrected chi connectivity index (χ1v) is 5.59. The molecule has 1 unspecified atom stereocenters. The van der Waals surface area contributed by atoms with Gasteiger partial charge in [-0.1, -0.05) is 12.1 Å². The Bertz CT molecular complexity index is 363. The second kappa shape index (κ2) is 3.53. The van der Waals surface area contributed by atoms with Gasteiger partial charge in [-0.05, 0) is 50.8 Å². The molecular formula is C13H20N2. The molecule has 0 amide bonds. The van der Waals surface area contributed by atoms with E-state index in [1.807, 2.05) is 12.1 Å². The Kier molecular flexibility index (Phi) is 2.47. The smallest absolute Gasteiger partial charge is 0.0349 e. The van der Waals surface area contributed by atoms with Crippen molar-refractivity contribution in [2.75, 3.05) is 5.73 Å². The Labute approximate surface area is 91.9 Å². The third-order valence-electron chi connectivity index (χ3n) is 2.86. The molecule has 2 heteroatoms. The molecule has 0 aliphatic heterocycles. The number of benzene rings is 1. The average Bonchev–Trinajstić information content (AvgIpc) is 2.45. The van der Waals surface area contributed by atoms with Crippen molar-refractivity contribution in [3.63, 3.8) is 0 Å². The van der Waals surface area contributed by atoms with Crippen molar-refractivity contribution in [2.24, 2.45) is 0 Å². The number of hydrogen-bond acceptors (Lipinski definition) is 2. The number of nitrogens with one attached hydrogen (secondary N) is 1. The average molecular weight is 204 g/mol. The van der Waals surface area contributed by atoms with E-state index in [1.54, 1.807) is 0 Å². The maximum Gasteiger partial charge on any atom is 0.0349 e. The minimum absolute atomic E-state index is 0.182. The van der Waals surface area contributed by atoms with E-state index in [0.29, 0.717) is 6.04 Å². The zero-order valence-corrected chi connectivity index (χ0v) is 9.80. The first-order valence-electron chi connectivity index (χ1n) is 5.59. The van der Waals surface area contributed by atoms with Gasteiger partial charge >= 0.3 is 0 Å². The van der Waals surface area contributed by atoms with Gasteiger partial charge in [0.15, 0.2) is 0 Å². The van der Waals surface area contributed by atoms with Gasteiger partial charge in [0.2, 0.25) is 0 Å². The summed E-state index contributed by atoms with van der Waals surface area (Å²) in [5, 5.41) is 3.64. The SMILES string of the molecule is CC(C)(C)NC1Cc2cccc(N)c2C1. The maximum atomic E-state index is 5.97. The lowest BCUT2D eigenvalue weighted by Crippen LogP contribution is -2.44. The van der Waals surface area contributed by atoms with Crippen LogP contribution in [-0.2, 0) is 12.8 Å². The highest BCUT2D eigenvalue weighted by Gasteiger charge is 2.25. The predicted molar refractivity (Wildman–Crippen MR) is 64.9 cm³/mol. The molecule has 0 spiro atoms. The van der Waals surface area contributed by atoms with Crippen LogP contribution in [0.2, 0.25) is 0 Å². The van der Waals surface area contributed by atoms with Crippen LogP contribution in [0.1, 0.15) is 31.9 Å². The summed E-state index contributed by atoms with van der Waals surface area (Å²) in [6.45, 7) is 6.62. The number of rotatable bonds is 1. The Morgan fingerprint density at radius 2 is 2.00 bits per heavy atom. The fourth-order valence-corrected chi connectivity index (χ4v) is 2.39. The van der Waals surface area contributed by atoms with Crippen molar-refractivity contribution in [3.05, 3.63) is 29.3 Å². The van der Waals surface area contributed by atoms with Crippen LogP contribution in [0.25, 0.3) is 0 Å². The van der Waals surface area contributed by atoms with Crippen molar-refractivity contribution in [1.82, 2.24) is 5.32 Å². The van der Waals surface area contributed by atoms with E-state index >= 15 is 0 Å². The summed E-state index contributed by atoms with van der Waals surface area (Å²) >= 11 is 0. The lowest BCUT2D eigenvalue weighted by atomic mass is 10.1. The van der Waals surface area contributed by atoms with Gasteiger partial charge in [-0.3, -0.25) is 0 Å². The van der Waals surface area contributed by atoms with Crippen molar-refractivity contribution < 1.29 is 0 Å². The molecule has 1 aromatic rings. The van der Waals surface area contributed by atoms with Crippen molar-refractivity contribution in [2.45, 2.75) is 45.2 Å². The van der Waals surface area contributed by atoms with Gasteiger partial charge in [0.1, 0.15) is 0 Å². The molecule has 0 saturated carbocycles. The third-order valence-corrected chi connectivity index (χ3v) is 2.86. The highest BCUT2D eigenvalue weighted by Crippen LogP contribution is 2.27. The molecule has 3 N–H and O–H groups in total. The van der Waals surface area contributed by atoms with E-state index in [4.69, 9.17) is 5.73 Å². The quantitative estimate of drug-likeness (QED) is 0.688. The molecule has 0 fully saturated rings. The topological polar surface area (TPSA) is 38.0 Å². The van der Waals surface area contributed by atoms with Crippen LogP contribution in [0.15, 0.2) is 18.2 Å². The van der Waals surface area contributed by atoms with Crippen LogP contribution in [0.4, 0.5) is 5.69 Å². The van der Waals surface area contributed by atoms with Crippen LogP contribution in [-0.4, -0.2) is 11.6 Å². The van der Waals surface area contributed by atoms with Crippen molar-refractivity contribution in [3.8, 4) is 0 Å².